The van der Waals surface area contributed by atoms with E-state index in [1.54, 1.807) is 11.8 Å². The molecule has 0 saturated carbocycles. The maximum atomic E-state index is 11.7. The van der Waals surface area contributed by atoms with Gasteiger partial charge in [-0.15, -0.1) is 0 Å². The Balaban J connectivity index is 1.65. The minimum atomic E-state index is -0.768. The first kappa shape index (κ1) is 19.0. The molecule has 6 nitrogen and oxygen atoms in total. The van der Waals surface area contributed by atoms with Crippen LogP contribution in [0.5, 0.6) is 0 Å². The lowest BCUT2D eigenvalue weighted by Gasteiger charge is -2.29. The molecule has 0 N–H and O–H groups in total. The summed E-state index contributed by atoms with van der Waals surface area (Å²) in [4.78, 5) is 19.6. The van der Waals surface area contributed by atoms with E-state index >= 15 is 0 Å². The molecule has 0 atom stereocenters. The molecule has 0 spiro atoms. The number of hydrogen-bond donors (Lipinski definition) is 0. The average Bonchev–Trinajstić information content (AvgIpc) is 2.68. The number of rotatable bonds is 4. The van der Waals surface area contributed by atoms with E-state index in [0.29, 0.717) is 46.5 Å². The second kappa shape index (κ2) is 8.36. The van der Waals surface area contributed by atoms with Crippen LogP contribution in [0.3, 0.4) is 0 Å². The Morgan fingerprint density at radius 2 is 1.78 bits per heavy atom. The molecule has 10 heteroatoms. The van der Waals surface area contributed by atoms with Crippen LogP contribution in [0.2, 0.25) is 10.3 Å². The van der Waals surface area contributed by atoms with Crippen LogP contribution in [-0.2, 0) is 16.9 Å². The summed E-state index contributed by atoms with van der Waals surface area (Å²) in [6, 6.07) is 7.71. The molecule has 2 aromatic heterocycles. The zero-order chi connectivity index (χ0) is 18.8. The molecule has 1 aliphatic rings. The zero-order valence-corrected chi connectivity index (χ0v) is 17.3. The average molecular weight is 440 g/mol. The van der Waals surface area contributed by atoms with E-state index in [-0.39, 0.29) is 5.28 Å². The highest BCUT2D eigenvalue weighted by Gasteiger charge is 2.24. The number of benzene rings is 1. The van der Waals surface area contributed by atoms with E-state index in [0.717, 1.165) is 16.3 Å². The highest BCUT2D eigenvalue weighted by Crippen LogP contribution is 2.31. The first-order valence-corrected chi connectivity index (χ1v) is 11.5. The largest absolute Gasteiger partial charge is 0.616 e. The summed E-state index contributed by atoms with van der Waals surface area (Å²) in [5, 5.41) is 1.62. The van der Waals surface area contributed by atoms with Crippen molar-refractivity contribution < 1.29 is 4.55 Å². The van der Waals surface area contributed by atoms with E-state index < -0.39 is 11.2 Å². The number of fused-ring (bicyclic) bond motifs is 1. The molecule has 1 aliphatic heterocycles. The predicted octanol–water partition coefficient (Wildman–Crippen LogP) is 3.59. The van der Waals surface area contributed by atoms with Crippen molar-refractivity contribution >= 4 is 63.0 Å². The van der Waals surface area contributed by atoms with Crippen LogP contribution >= 0.6 is 35.0 Å². The summed E-state index contributed by atoms with van der Waals surface area (Å²) < 4.78 is 11.7. The van der Waals surface area contributed by atoms with E-state index in [4.69, 9.17) is 23.2 Å². The third-order valence-electron chi connectivity index (χ3n) is 4.17. The molecule has 0 bridgehead atoms. The fourth-order valence-electron chi connectivity index (χ4n) is 2.79. The lowest BCUT2D eigenvalue weighted by molar-refractivity contribution is 0.585. The number of thioether (sulfide) groups is 1. The first-order chi connectivity index (χ1) is 13.1. The Morgan fingerprint density at radius 3 is 2.52 bits per heavy atom. The molecule has 3 aromatic rings. The van der Waals surface area contributed by atoms with Gasteiger partial charge in [-0.1, -0.05) is 46.7 Å². The number of hydrogen-bond acceptors (Lipinski definition) is 7. The Hall–Kier alpha value is -1.32. The molecule has 1 aromatic carbocycles. The molecule has 4 rings (SSSR count). The van der Waals surface area contributed by atoms with Crippen LogP contribution in [-0.4, -0.2) is 49.1 Å². The van der Waals surface area contributed by atoms with Gasteiger partial charge in [-0.25, -0.2) is 15.0 Å². The van der Waals surface area contributed by atoms with Crippen molar-refractivity contribution in [3.05, 3.63) is 46.5 Å². The minimum absolute atomic E-state index is 0.160. The fourth-order valence-corrected chi connectivity index (χ4v) is 5.03. The monoisotopic (exact) mass is 439 g/mol. The highest BCUT2D eigenvalue weighted by molar-refractivity contribution is 7.98. The Kier molecular flexibility index (Phi) is 5.89. The number of nitrogens with zero attached hydrogens (tertiary/aromatic N) is 5. The molecule has 140 valence electrons. The van der Waals surface area contributed by atoms with E-state index in [1.807, 2.05) is 24.3 Å². The van der Waals surface area contributed by atoms with Crippen LogP contribution in [0, 0.1) is 0 Å². The summed E-state index contributed by atoms with van der Waals surface area (Å²) in [6.07, 6.45) is 1.52. The Morgan fingerprint density at radius 1 is 1.04 bits per heavy atom. The van der Waals surface area contributed by atoms with Crippen LogP contribution in [0.25, 0.3) is 11.0 Å². The first-order valence-electron chi connectivity index (χ1n) is 8.25. The maximum Gasteiger partial charge on any atom is 0.225 e. The number of halogens is 2. The molecule has 0 radical (unpaired) electrons. The second-order valence-corrected chi connectivity index (χ2v) is 9.38. The van der Waals surface area contributed by atoms with Gasteiger partial charge in [-0.05, 0) is 29.3 Å². The molecule has 1 saturated heterocycles. The molecule has 0 amide bonds. The summed E-state index contributed by atoms with van der Waals surface area (Å²) in [7, 11) is 0. The SMILES string of the molecule is [O-][S+]1CCN(c2nc(Cl)nc3c(SCc4ccc(Cl)cc4)ncnc23)CC1. The van der Waals surface area contributed by atoms with Crippen molar-refractivity contribution in [2.45, 2.75) is 10.8 Å². The van der Waals surface area contributed by atoms with E-state index in [2.05, 4.69) is 24.8 Å². The van der Waals surface area contributed by atoms with Crippen molar-refractivity contribution in [1.82, 2.24) is 19.9 Å². The lowest BCUT2D eigenvalue weighted by Crippen LogP contribution is -2.41. The van der Waals surface area contributed by atoms with Gasteiger partial charge in [0.05, 0.1) is 13.1 Å². The smallest absolute Gasteiger partial charge is 0.225 e. The molecular formula is C17H15Cl2N5OS2. The Labute approximate surface area is 173 Å². The van der Waals surface area contributed by atoms with Gasteiger partial charge in [0.25, 0.3) is 0 Å². The quantitative estimate of drug-likeness (QED) is 0.266. The predicted molar refractivity (Wildman–Crippen MR) is 111 cm³/mol. The van der Waals surface area contributed by atoms with Crippen molar-refractivity contribution in [3.8, 4) is 0 Å². The minimum Gasteiger partial charge on any atom is -0.616 e. The molecular weight excluding hydrogens is 425 g/mol. The van der Waals surface area contributed by atoms with Gasteiger partial charge in [0.2, 0.25) is 5.28 Å². The fraction of sp³-hybridized carbons (Fsp3) is 0.294. The highest BCUT2D eigenvalue weighted by atomic mass is 35.5. The van der Waals surface area contributed by atoms with E-state index in [1.165, 1.54) is 6.33 Å². The van der Waals surface area contributed by atoms with Gasteiger partial charge in [-0.2, -0.15) is 4.98 Å². The summed E-state index contributed by atoms with van der Waals surface area (Å²) in [5.41, 5.74) is 2.44. The molecule has 3 heterocycles. The standard InChI is InChI=1S/C17H15Cl2N5OS2/c18-12-3-1-11(2-4-12)9-26-16-14-13(20-10-21-16)15(23-17(19)22-14)24-5-7-27(25)8-6-24/h1-4,10H,5-9H2. The third kappa shape index (κ3) is 4.41. The van der Waals surface area contributed by atoms with Crippen molar-refractivity contribution in [2.75, 3.05) is 29.5 Å². The molecule has 0 unspecified atom stereocenters. The molecule has 1 fully saturated rings. The van der Waals surface area contributed by atoms with Gasteiger partial charge >= 0.3 is 0 Å². The van der Waals surface area contributed by atoms with E-state index in [9.17, 15) is 4.55 Å². The van der Waals surface area contributed by atoms with Gasteiger partial charge in [0, 0.05) is 10.8 Å². The van der Waals surface area contributed by atoms with Gasteiger partial charge in [0.1, 0.15) is 33.9 Å². The van der Waals surface area contributed by atoms with Crippen LogP contribution < -0.4 is 4.90 Å². The molecule has 0 aliphatic carbocycles. The van der Waals surface area contributed by atoms with Gasteiger partial charge < -0.3 is 9.45 Å². The summed E-state index contributed by atoms with van der Waals surface area (Å²) in [5.74, 6) is 2.64. The van der Waals surface area contributed by atoms with Gasteiger partial charge in [0.15, 0.2) is 5.82 Å². The van der Waals surface area contributed by atoms with Crippen molar-refractivity contribution in [1.29, 1.82) is 0 Å². The lowest BCUT2D eigenvalue weighted by atomic mass is 10.2. The summed E-state index contributed by atoms with van der Waals surface area (Å²) in [6.45, 7) is 1.32. The van der Waals surface area contributed by atoms with Crippen LogP contribution in [0.1, 0.15) is 5.56 Å². The topological polar surface area (TPSA) is 77.9 Å². The Bertz CT molecular complexity index is 952. The number of aromatic nitrogens is 4. The second-order valence-electron chi connectivity index (χ2n) is 5.94. The normalized spacial score (nSPS) is 15.4. The molecule has 27 heavy (non-hydrogen) atoms. The third-order valence-corrected chi connectivity index (χ3v) is 6.92. The number of anilines is 1. The van der Waals surface area contributed by atoms with Crippen LogP contribution in [0.4, 0.5) is 5.82 Å². The van der Waals surface area contributed by atoms with Crippen LogP contribution in [0.15, 0.2) is 35.6 Å². The maximum absolute atomic E-state index is 11.7. The summed E-state index contributed by atoms with van der Waals surface area (Å²) >= 11 is 12.9. The van der Waals surface area contributed by atoms with Crippen molar-refractivity contribution in [2.24, 2.45) is 0 Å². The van der Waals surface area contributed by atoms with Gasteiger partial charge in [-0.3, -0.25) is 0 Å². The van der Waals surface area contributed by atoms with Crippen molar-refractivity contribution in [3.63, 3.8) is 0 Å². The zero-order valence-electron chi connectivity index (χ0n) is 14.1.